The van der Waals surface area contributed by atoms with Gasteiger partial charge in [0.05, 0.1) is 22.2 Å². The average molecular weight is 507 g/mol. The first-order valence-electron chi connectivity index (χ1n) is 11.1. The first kappa shape index (κ1) is 24.5. The minimum Gasteiger partial charge on any atom is -0.487 e. The number of sulfone groups is 1. The number of piperidine rings is 1. The van der Waals surface area contributed by atoms with Crippen LogP contribution in [0.15, 0.2) is 46.7 Å². The number of aryl methyl sites for hydroxylation is 1. The molecule has 0 aliphatic carbocycles. The number of nitrogens with zero attached hydrogens (tertiary/aromatic N) is 4. The van der Waals surface area contributed by atoms with Crippen molar-refractivity contribution in [2.24, 2.45) is 10.9 Å². The van der Waals surface area contributed by atoms with Gasteiger partial charge in [-0.25, -0.2) is 32.0 Å². The lowest BCUT2D eigenvalue weighted by Crippen LogP contribution is -2.37. The van der Waals surface area contributed by atoms with Gasteiger partial charge in [0.1, 0.15) is 23.2 Å². The lowest BCUT2D eigenvalue weighted by atomic mass is 9.98. The van der Waals surface area contributed by atoms with Gasteiger partial charge in [0.25, 0.3) is 0 Å². The number of rotatable bonds is 8. The molecule has 1 aromatic heterocycles. The minimum absolute atomic E-state index is 0.0521. The number of halogens is 1. The number of hydrogen-bond acceptors (Lipinski definition) is 8. The van der Waals surface area contributed by atoms with Crippen LogP contribution in [0.5, 0.6) is 5.75 Å². The maximum atomic E-state index is 14.2. The molecular formula is C23H27FN4O4S2. The predicted octanol–water partition coefficient (Wildman–Crippen LogP) is 3.02. The SMILES string of the molecule is CCc1cnc(N2CCC(C3=NC(COc4ccc(CS(C)(=O)=O)c(F)c4)=CS3=O)CC2)nc1. The molecule has 0 spiro atoms. The summed E-state index contributed by atoms with van der Waals surface area (Å²) < 4.78 is 55.2. The third-order valence-electron chi connectivity index (χ3n) is 5.76. The molecule has 0 saturated carbocycles. The van der Waals surface area contributed by atoms with E-state index in [0.717, 1.165) is 50.2 Å². The molecule has 0 radical (unpaired) electrons. The molecule has 3 heterocycles. The van der Waals surface area contributed by atoms with Crippen LogP contribution < -0.4 is 9.64 Å². The van der Waals surface area contributed by atoms with Crippen molar-refractivity contribution in [3.05, 3.63) is 58.6 Å². The second-order valence-electron chi connectivity index (χ2n) is 8.47. The predicted molar refractivity (Wildman–Crippen MR) is 130 cm³/mol. The summed E-state index contributed by atoms with van der Waals surface area (Å²) in [4.78, 5) is 15.6. The minimum atomic E-state index is -3.33. The van der Waals surface area contributed by atoms with Crippen molar-refractivity contribution >= 4 is 31.6 Å². The summed E-state index contributed by atoms with van der Waals surface area (Å²) in [5.74, 6) is 0.0653. The quantitative estimate of drug-likeness (QED) is 0.542. The van der Waals surface area contributed by atoms with Gasteiger partial charge in [0.15, 0.2) is 9.84 Å². The van der Waals surface area contributed by atoms with E-state index in [2.05, 4.69) is 26.8 Å². The van der Waals surface area contributed by atoms with Crippen LogP contribution >= 0.6 is 0 Å². The fraction of sp³-hybridized carbons (Fsp3) is 0.435. The second kappa shape index (κ2) is 10.3. The van der Waals surface area contributed by atoms with Crippen molar-refractivity contribution in [3.8, 4) is 5.75 Å². The second-order valence-corrected chi connectivity index (χ2v) is 11.9. The Morgan fingerprint density at radius 1 is 1.21 bits per heavy atom. The van der Waals surface area contributed by atoms with E-state index in [1.807, 2.05) is 12.4 Å². The smallest absolute Gasteiger partial charge is 0.225 e. The van der Waals surface area contributed by atoms with Crippen LogP contribution in [-0.2, 0) is 32.8 Å². The van der Waals surface area contributed by atoms with Gasteiger partial charge in [-0.2, -0.15) is 0 Å². The molecule has 1 unspecified atom stereocenters. The zero-order valence-corrected chi connectivity index (χ0v) is 20.7. The lowest BCUT2D eigenvalue weighted by Gasteiger charge is -2.31. The summed E-state index contributed by atoms with van der Waals surface area (Å²) >= 11 is 0. The van der Waals surface area contributed by atoms with Gasteiger partial charge in [0.2, 0.25) is 5.95 Å². The van der Waals surface area contributed by atoms with Gasteiger partial charge in [0, 0.05) is 54.7 Å². The Labute approximate surface area is 201 Å². The standard InChI is InChI=1S/C23H27FN4O4S2/c1-3-16-11-25-23(26-12-16)28-8-6-17(7-9-28)22-27-19(14-33(22)29)13-32-20-5-4-18(21(24)10-20)15-34(2,30)31/h4-5,10-12,14,17H,3,6-9,13,15H2,1-2H3. The van der Waals surface area contributed by atoms with Crippen molar-refractivity contribution in [2.45, 2.75) is 31.9 Å². The molecule has 1 atom stereocenters. The zero-order valence-electron chi connectivity index (χ0n) is 19.1. The highest BCUT2D eigenvalue weighted by Gasteiger charge is 2.30. The van der Waals surface area contributed by atoms with Crippen LogP contribution in [-0.4, -0.2) is 53.6 Å². The normalized spacial score (nSPS) is 19.1. The van der Waals surface area contributed by atoms with E-state index < -0.39 is 26.5 Å². The molecule has 182 valence electrons. The molecule has 11 heteroatoms. The molecule has 2 aliphatic heterocycles. The summed E-state index contributed by atoms with van der Waals surface area (Å²) in [6.07, 6.45) is 7.27. The highest BCUT2D eigenvalue weighted by atomic mass is 32.2. The van der Waals surface area contributed by atoms with Crippen molar-refractivity contribution in [1.29, 1.82) is 0 Å². The summed E-state index contributed by atoms with van der Waals surface area (Å²) in [5, 5.41) is 2.22. The van der Waals surface area contributed by atoms with Gasteiger partial charge >= 0.3 is 0 Å². The summed E-state index contributed by atoms with van der Waals surface area (Å²) in [6, 6.07) is 4.07. The van der Waals surface area contributed by atoms with E-state index in [0.29, 0.717) is 16.7 Å². The fourth-order valence-corrected chi connectivity index (χ4v) is 5.97. The molecule has 1 fully saturated rings. The highest BCUT2D eigenvalue weighted by molar-refractivity contribution is 8.03. The van der Waals surface area contributed by atoms with E-state index in [-0.39, 0.29) is 29.6 Å². The molecule has 1 aromatic carbocycles. The van der Waals surface area contributed by atoms with Gasteiger partial charge in [-0.3, -0.25) is 0 Å². The first-order valence-corrected chi connectivity index (χ1v) is 14.3. The molecule has 34 heavy (non-hydrogen) atoms. The summed E-state index contributed by atoms with van der Waals surface area (Å²) in [5.41, 5.74) is 1.73. The molecular weight excluding hydrogens is 479 g/mol. The summed E-state index contributed by atoms with van der Waals surface area (Å²) in [7, 11) is -4.64. The largest absolute Gasteiger partial charge is 0.487 e. The number of aliphatic imine (C=N–C) groups is 1. The van der Waals surface area contributed by atoms with E-state index in [1.165, 1.54) is 12.1 Å². The molecule has 0 N–H and O–H groups in total. The number of hydrogen-bond donors (Lipinski definition) is 0. The Kier molecular flexibility index (Phi) is 7.42. The molecule has 2 aliphatic rings. The fourth-order valence-electron chi connectivity index (χ4n) is 3.91. The van der Waals surface area contributed by atoms with Gasteiger partial charge < -0.3 is 9.64 Å². The molecule has 2 aromatic rings. The van der Waals surface area contributed by atoms with Crippen molar-refractivity contribution < 1.29 is 21.8 Å². The van der Waals surface area contributed by atoms with E-state index in [1.54, 1.807) is 5.41 Å². The van der Waals surface area contributed by atoms with Gasteiger partial charge in [-0.05, 0) is 30.9 Å². The Hall–Kier alpha value is -2.66. The van der Waals surface area contributed by atoms with Crippen LogP contribution in [0.1, 0.15) is 30.9 Å². The van der Waals surface area contributed by atoms with E-state index in [9.17, 15) is 17.0 Å². The van der Waals surface area contributed by atoms with Crippen molar-refractivity contribution in [2.75, 3.05) is 30.9 Å². The zero-order chi connectivity index (χ0) is 24.3. The first-order chi connectivity index (χ1) is 16.2. The lowest BCUT2D eigenvalue weighted by molar-refractivity contribution is 0.348. The molecule has 0 amide bonds. The maximum Gasteiger partial charge on any atom is 0.225 e. The van der Waals surface area contributed by atoms with E-state index in [4.69, 9.17) is 4.74 Å². The van der Waals surface area contributed by atoms with Crippen LogP contribution in [0.25, 0.3) is 0 Å². The van der Waals surface area contributed by atoms with E-state index >= 15 is 0 Å². The molecule has 1 saturated heterocycles. The van der Waals surface area contributed by atoms with Crippen molar-refractivity contribution in [1.82, 2.24) is 9.97 Å². The van der Waals surface area contributed by atoms with Crippen LogP contribution in [0.4, 0.5) is 10.3 Å². The molecule has 4 rings (SSSR count). The Balaban J connectivity index is 1.32. The molecule has 8 nitrogen and oxygen atoms in total. The average Bonchev–Trinajstić information content (AvgIpc) is 3.19. The number of anilines is 1. The topological polar surface area (TPSA) is 102 Å². The number of aromatic nitrogens is 2. The highest BCUT2D eigenvalue weighted by Crippen LogP contribution is 2.27. The van der Waals surface area contributed by atoms with Crippen molar-refractivity contribution in [3.63, 3.8) is 0 Å². The summed E-state index contributed by atoms with van der Waals surface area (Å²) in [6.45, 7) is 3.64. The van der Waals surface area contributed by atoms with Crippen LogP contribution in [0, 0.1) is 11.7 Å². The Morgan fingerprint density at radius 2 is 1.91 bits per heavy atom. The number of benzene rings is 1. The van der Waals surface area contributed by atoms with Gasteiger partial charge in [-0.15, -0.1) is 0 Å². The Morgan fingerprint density at radius 3 is 2.53 bits per heavy atom. The maximum absolute atomic E-state index is 14.2. The molecule has 0 bridgehead atoms. The van der Waals surface area contributed by atoms with Crippen LogP contribution in [0.2, 0.25) is 0 Å². The Bertz CT molecular complexity index is 1240. The van der Waals surface area contributed by atoms with Crippen LogP contribution in [0.3, 0.4) is 0 Å². The number of ether oxygens (including phenoxy) is 1. The monoisotopic (exact) mass is 506 g/mol. The van der Waals surface area contributed by atoms with Gasteiger partial charge in [-0.1, -0.05) is 13.0 Å². The third kappa shape index (κ3) is 6.06. The third-order valence-corrected chi connectivity index (χ3v) is 7.92.